The van der Waals surface area contributed by atoms with Crippen LogP contribution in [0.1, 0.15) is 56.4 Å². The van der Waals surface area contributed by atoms with Crippen LogP contribution in [0, 0.1) is 6.92 Å². The summed E-state index contributed by atoms with van der Waals surface area (Å²) >= 11 is 0. The van der Waals surface area contributed by atoms with E-state index in [1.807, 2.05) is 0 Å². The zero-order valence-electron chi connectivity index (χ0n) is 16.9. The van der Waals surface area contributed by atoms with E-state index in [2.05, 4.69) is 92.5 Å². The quantitative estimate of drug-likeness (QED) is 0.222. The van der Waals surface area contributed by atoms with E-state index in [4.69, 9.17) is 0 Å². The van der Waals surface area contributed by atoms with Gasteiger partial charge in [-0.15, -0.1) is 0 Å². The second-order valence-electron chi connectivity index (χ2n) is 7.67. The maximum atomic E-state index is 9.87. The zero-order valence-corrected chi connectivity index (χ0v) is 17.8. The van der Waals surface area contributed by atoms with E-state index in [1.165, 1.54) is 28.0 Å². The first-order valence-corrected chi connectivity index (χ1v) is 11.2. The van der Waals surface area contributed by atoms with Crippen LogP contribution >= 0.6 is 7.81 Å². The molecule has 0 radical (unpaired) electrons. The summed E-state index contributed by atoms with van der Waals surface area (Å²) < 4.78 is 63.7. The molecule has 2 aromatic heterocycles. The van der Waals surface area contributed by atoms with Crippen molar-refractivity contribution in [3.05, 3.63) is 65.7 Å². The van der Waals surface area contributed by atoms with Crippen LogP contribution in [0.4, 0.5) is 25.2 Å². The van der Waals surface area contributed by atoms with Crippen molar-refractivity contribution in [2.24, 2.45) is 0 Å². The number of rotatable bonds is 3. The Morgan fingerprint density at radius 1 is 0.793 bits per heavy atom. The minimum absolute atomic E-state index is 0.505. The number of fused-ring (bicyclic) bond motifs is 1. The van der Waals surface area contributed by atoms with Crippen LogP contribution < -0.4 is 4.57 Å². The average molecular weight is 438 g/mol. The van der Waals surface area contributed by atoms with Crippen LogP contribution in [0.2, 0.25) is 0 Å². The molecule has 3 rings (SSSR count). The van der Waals surface area contributed by atoms with Gasteiger partial charge in [-0.3, -0.25) is 0 Å². The molecule has 29 heavy (non-hydrogen) atoms. The molecule has 0 atom stereocenters. The molecule has 0 saturated heterocycles. The Balaban J connectivity index is 0.000000370. The van der Waals surface area contributed by atoms with Gasteiger partial charge in [0.25, 0.3) is 6.33 Å². The second kappa shape index (κ2) is 7.01. The molecular weight excluding hydrogens is 413 g/mol. The summed E-state index contributed by atoms with van der Waals surface area (Å²) in [6, 6.07) is 13.1. The van der Waals surface area contributed by atoms with Crippen LogP contribution in [0.5, 0.6) is 0 Å². The van der Waals surface area contributed by atoms with E-state index in [-0.39, 0.29) is 0 Å². The van der Waals surface area contributed by atoms with Crippen LogP contribution in [0.25, 0.3) is 11.2 Å². The van der Waals surface area contributed by atoms with Gasteiger partial charge in [0.1, 0.15) is 17.6 Å². The molecule has 0 saturated carbocycles. The van der Waals surface area contributed by atoms with Crippen molar-refractivity contribution >= 4 is 13.3 Å². The van der Waals surface area contributed by atoms with Crippen LogP contribution in [0.15, 0.2) is 48.9 Å². The Kier molecular flexibility index (Phi) is 5.61. The van der Waals surface area contributed by atoms with Gasteiger partial charge >= 0.3 is 33.0 Å². The van der Waals surface area contributed by atoms with E-state index in [0.717, 1.165) is 0 Å². The summed E-state index contributed by atoms with van der Waals surface area (Å²) in [5.74, 6) is 1.01. The fraction of sp³-hybridized carbons (Fsp3) is 0.350. The van der Waals surface area contributed by atoms with Gasteiger partial charge in [0.05, 0.1) is 0 Å². The first-order valence-electron chi connectivity index (χ1n) is 9.12. The van der Waals surface area contributed by atoms with Gasteiger partial charge in [-0.05, 0) is 30.9 Å². The topological polar surface area (TPSA) is 8.29 Å². The standard InChI is InChI=1S/C20H25N2.F6P/c1-14(2)18-10-7-11-19(15(3)4)20(18)21-12-17-9-6-8-16(5)22(17)13-21;1-7(2,3,4,5)6/h6-15H,1-5H3;/q+1;-1. The predicted octanol–water partition coefficient (Wildman–Crippen LogP) is 8.15. The number of hydrogen-bond acceptors (Lipinski definition) is 0. The molecule has 0 aliphatic rings. The first-order chi connectivity index (χ1) is 12.9. The summed E-state index contributed by atoms with van der Waals surface area (Å²) in [5, 5.41) is 0. The molecule has 0 N–H and O–H groups in total. The van der Waals surface area contributed by atoms with Crippen LogP contribution in [-0.4, -0.2) is 4.40 Å². The fourth-order valence-electron chi connectivity index (χ4n) is 3.15. The van der Waals surface area contributed by atoms with Crippen LogP contribution in [-0.2, 0) is 0 Å². The third-order valence-electron chi connectivity index (χ3n) is 4.37. The molecule has 0 unspecified atom stereocenters. The number of aryl methyl sites for hydroxylation is 1. The first kappa shape index (κ1) is 23.2. The van der Waals surface area contributed by atoms with E-state index in [9.17, 15) is 25.2 Å². The number of pyridine rings is 1. The third kappa shape index (κ3) is 7.03. The number of hydrogen-bond donors (Lipinski definition) is 0. The minimum atomic E-state index is -10.7. The van der Waals surface area contributed by atoms with Crippen LogP contribution in [0.3, 0.4) is 0 Å². The SMILES string of the molecule is Cc1cccc2c[n+](-c3c(C(C)C)cccc3C(C)C)cn12.F[P-](F)(F)(F)(F)F. The molecule has 0 aliphatic heterocycles. The summed E-state index contributed by atoms with van der Waals surface area (Å²) in [4.78, 5) is 0. The molecule has 0 aliphatic carbocycles. The number of halogens is 6. The van der Waals surface area contributed by atoms with Crippen molar-refractivity contribution in [2.75, 3.05) is 0 Å². The van der Waals surface area contributed by atoms with Crippen molar-refractivity contribution in [1.82, 2.24) is 4.40 Å². The van der Waals surface area contributed by atoms with Crippen molar-refractivity contribution in [2.45, 2.75) is 46.5 Å². The van der Waals surface area contributed by atoms with E-state index < -0.39 is 7.81 Å². The molecule has 162 valence electrons. The molecule has 3 aromatic rings. The Morgan fingerprint density at radius 3 is 1.66 bits per heavy atom. The molecule has 0 amide bonds. The summed E-state index contributed by atoms with van der Waals surface area (Å²) in [6.45, 7) is 11.2. The van der Waals surface area contributed by atoms with Gasteiger partial charge in [-0.25, -0.2) is 4.57 Å². The normalized spacial score (nSPS) is 14.5. The molecular formula is C20H25F6N2P. The number of nitrogens with zero attached hydrogens (tertiary/aromatic N) is 2. The predicted molar refractivity (Wildman–Crippen MR) is 105 cm³/mol. The average Bonchev–Trinajstić information content (AvgIpc) is 2.96. The molecule has 0 spiro atoms. The van der Waals surface area contributed by atoms with Gasteiger partial charge in [0, 0.05) is 11.1 Å². The van der Waals surface area contributed by atoms with Gasteiger partial charge < -0.3 is 0 Å². The van der Waals surface area contributed by atoms with Crippen molar-refractivity contribution < 1.29 is 29.7 Å². The molecule has 1 aromatic carbocycles. The maximum absolute atomic E-state index is 10.7. The Labute approximate surface area is 166 Å². The van der Waals surface area contributed by atoms with Gasteiger partial charge in [0.2, 0.25) is 0 Å². The van der Waals surface area contributed by atoms with E-state index >= 15 is 0 Å². The Morgan fingerprint density at radius 2 is 1.24 bits per heavy atom. The number of aromatic nitrogens is 2. The molecule has 0 bridgehead atoms. The van der Waals surface area contributed by atoms with Crippen molar-refractivity contribution in [3.63, 3.8) is 0 Å². The second-order valence-corrected chi connectivity index (χ2v) is 9.58. The van der Waals surface area contributed by atoms with Gasteiger partial charge in [-0.1, -0.05) is 52.0 Å². The number of imidazole rings is 1. The van der Waals surface area contributed by atoms with Crippen molar-refractivity contribution in [1.29, 1.82) is 0 Å². The molecule has 2 heterocycles. The number of benzene rings is 1. The molecule has 9 heteroatoms. The van der Waals surface area contributed by atoms with E-state index in [1.54, 1.807) is 0 Å². The summed E-state index contributed by atoms with van der Waals surface area (Å²) in [6.07, 6.45) is 4.44. The fourth-order valence-corrected chi connectivity index (χ4v) is 3.15. The summed E-state index contributed by atoms with van der Waals surface area (Å²) in [7, 11) is -10.7. The molecule has 0 fully saturated rings. The number of para-hydroxylation sites is 1. The van der Waals surface area contributed by atoms with Gasteiger partial charge in [-0.2, -0.15) is 4.40 Å². The van der Waals surface area contributed by atoms with Crippen molar-refractivity contribution in [3.8, 4) is 5.69 Å². The Bertz CT molecular complexity index is 983. The van der Waals surface area contributed by atoms with E-state index in [0.29, 0.717) is 11.8 Å². The third-order valence-corrected chi connectivity index (χ3v) is 4.37. The Hall–Kier alpha value is -2.08. The molecule has 2 nitrogen and oxygen atoms in total. The summed E-state index contributed by atoms with van der Waals surface area (Å²) in [5.41, 5.74) is 6.64. The van der Waals surface area contributed by atoms with Gasteiger partial charge in [0.15, 0.2) is 5.52 Å². The monoisotopic (exact) mass is 438 g/mol. The zero-order chi connectivity index (χ0) is 22.3.